The van der Waals surface area contributed by atoms with Gasteiger partial charge < -0.3 is 16.2 Å². The molecule has 1 aliphatic rings. The Morgan fingerprint density at radius 2 is 2.03 bits per heavy atom. The second-order valence-corrected chi connectivity index (χ2v) is 7.84. The fraction of sp³-hybridized carbons (Fsp3) is 0.263. The van der Waals surface area contributed by atoms with Crippen LogP contribution in [0.25, 0.3) is 16.6 Å². The van der Waals surface area contributed by atoms with Crippen LogP contribution in [0, 0.1) is 12.8 Å². The SMILES string of the molecule is Cc1cc(N)ncc1-n1c(C(NC(=O)O)C2CC2)nc2c(Cl)ccc(Cl)c2c1=O. The van der Waals surface area contributed by atoms with Crippen LogP contribution in [0.1, 0.15) is 30.3 Å². The van der Waals surface area contributed by atoms with Gasteiger partial charge in [-0.25, -0.2) is 14.8 Å². The Labute approximate surface area is 175 Å². The fourth-order valence-electron chi connectivity index (χ4n) is 3.44. The van der Waals surface area contributed by atoms with Crippen molar-refractivity contribution < 1.29 is 9.90 Å². The summed E-state index contributed by atoms with van der Waals surface area (Å²) in [6.07, 6.45) is 1.90. The number of hydrogen-bond acceptors (Lipinski definition) is 5. The van der Waals surface area contributed by atoms with Gasteiger partial charge in [0, 0.05) is 0 Å². The van der Waals surface area contributed by atoms with Crippen LogP contribution in [0.15, 0.2) is 29.2 Å². The van der Waals surface area contributed by atoms with Crippen molar-refractivity contribution >= 4 is 46.0 Å². The van der Waals surface area contributed by atoms with Gasteiger partial charge in [-0.2, -0.15) is 0 Å². The van der Waals surface area contributed by atoms with Crippen LogP contribution in [0.2, 0.25) is 10.0 Å². The van der Waals surface area contributed by atoms with Gasteiger partial charge in [0.15, 0.2) is 0 Å². The van der Waals surface area contributed by atoms with Gasteiger partial charge >= 0.3 is 6.09 Å². The number of aryl methyl sites for hydroxylation is 1. The number of nitrogens with one attached hydrogen (secondary N) is 1. The molecule has 150 valence electrons. The van der Waals surface area contributed by atoms with E-state index in [1.165, 1.54) is 16.8 Å². The second-order valence-electron chi connectivity index (χ2n) is 7.02. The lowest BCUT2D eigenvalue weighted by atomic mass is 10.1. The quantitative estimate of drug-likeness (QED) is 0.576. The first kappa shape index (κ1) is 19.5. The van der Waals surface area contributed by atoms with Gasteiger partial charge in [-0.05, 0) is 49.4 Å². The minimum absolute atomic E-state index is 0.0294. The topological polar surface area (TPSA) is 123 Å². The highest BCUT2D eigenvalue weighted by atomic mass is 35.5. The Balaban J connectivity index is 2.11. The van der Waals surface area contributed by atoms with Crippen molar-refractivity contribution in [3.63, 3.8) is 0 Å². The van der Waals surface area contributed by atoms with E-state index in [0.29, 0.717) is 17.1 Å². The summed E-state index contributed by atoms with van der Waals surface area (Å²) in [7, 11) is 0. The zero-order valence-corrected chi connectivity index (χ0v) is 16.8. The number of nitrogens with two attached hydrogens (primary N) is 1. The summed E-state index contributed by atoms with van der Waals surface area (Å²) in [6.45, 7) is 1.78. The third-order valence-electron chi connectivity index (χ3n) is 4.95. The van der Waals surface area contributed by atoms with Gasteiger partial charge in [-0.3, -0.25) is 9.36 Å². The van der Waals surface area contributed by atoms with Crippen molar-refractivity contribution in [1.82, 2.24) is 19.9 Å². The van der Waals surface area contributed by atoms with E-state index in [-0.39, 0.29) is 32.7 Å². The van der Waals surface area contributed by atoms with Gasteiger partial charge in [0.1, 0.15) is 11.6 Å². The van der Waals surface area contributed by atoms with Gasteiger partial charge in [-0.1, -0.05) is 23.2 Å². The first-order chi connectivity index (χ1) is 13.8. The number of fused-ring (bicyclic) bond motifs is 1. The number of nitrogen functional groups attached to an aromatic ring is 1. The lowest BCUT2D eigenvalue weighted by molar-refractivity contribution is 0.187. The third-order valence-corrected chi connectivity index (χ3v) is 5.57. The Kier molecular flexibility index (Phi) is 4.84. The van der Waals surface area contributed by atoms with Crippen LogP contribution in [0.3, 0.4) is 0 Å². The number of aromatic nitrogens is 3. The number of halogens is 2. The molecule has 0 saturated heterocycles. The van der Waals surface area contributed by atoms with Gasteiger partial charge in [0.2, 0.25) is 0 Å². The standard InChI is InChI=1S/C19H17Cl2N5O3/c1-8-6-13(22)23-7-12(8)26-17(15(9-2-3-9)25-19(28)29)24-16-11(21)5-4-10(20)14(16)18(26)27/h4-7,9,15,25H,2-3H2,1H3,(H2,22,23)(H,28,29). The number of hydrogen-bond donors (Lipinski definition) is 3. The molecular formula is C19H17Cl2N5O3. The van der Waals surface area contributed by atoms with Crippen molar-refractivity contribution in [1.29, 1.82) is 0 Å². The van der Waals surface area contributed by atoms with Crippen LogP contribution >= 0.6 is 23.2 Å². The van der Waals surface area contributed by atoms with Crippen molar-refractivity contribution in [3.8, 4) is 5.69 Å². The van der Waals surface area contributed by atoms with Gasteiger partial charge in [0.05, 0.1) is 38.9 Å². The fourth-order valence-corrected chi connectivity index (χ4v) is 3.87. The summed E-state index contributed by atoms with van der Waals surface area (Å²) in [5, 5.41) is 12.5. The van der Waals surface area contributed by atoms with E-state index in [1.807, 2.05) is 0 Å². The molecule has 1 aliphatic carbocycles. The third kappa shape index (κ3) is 3.49. The van der Waals surface area contributed by atoms with E-state index < -0.39 is 17.7 Å². The average Bonchev–Trinajstić information content (AvgIpc) is 3.48. The zero-order chi connectivity index (χ0) is 20.9. The summed E-state index contributed by atoms with van der Waals surface area (Å²) < 4.78 is 1.35. The maximum atomic E-state index is 13.5. The molecule has 2 heterocycles. The Bertz CT molecular complexity index is 1210. The molecule has 1 atom stereocenters. The number of carbonyl (C=O) groups is 1. The minimum Gasteiger partial charge on any atom is -0.465 e. The van der Waals surface area contributed by atoms with Gasteiger partial charge in [-0.15, -0.1) is 0 Å². The van der Waals surface area contributed by atoms with E-state index in [9.17, 15) is 14.7 Å². The highest BCUT2D eigenvalue weighted by molar-refractivity contribution is 6.39. The number of rotatable bonds is 4. The summed E-state index contributed by atoms with van der Waals surface area (Å²) in [5.74, 6) is 0.575. The molecule has 1 aromatic carbocycles. The lowest BCUT2D eigenvalue weighted by Gasteiger charge is -2.22. The molecular weight excluding hydrogens is 417 g/mol. The summed E-state index contributed by atoms with van der Waals surface area (Å²) >= 11 is 12.6. The molecule has 1 amide bonds. The first-order valence-corrected chi connectivity index (χ1v) is 9.66. The van der Waals surface area contributed by atoms with Crippen LogP contribution in [-0.4, -0.2) is 25.7 Å². The zero-order valence-electron chi connectivity index (χ0n) is 15.3. The largest absolute Gasteiger partial charge is 0.465 e. The van der Waals surface area contributed by atoms with E-state index in [2.05, 4.69) is 15.3 Å². The molecule has 0 bridgehead atoms. The lowest BCUT2D eigenvalue weighted by Crippen LogP contribution is -2.35. The highest BCUT2D eigenvalue weighted by Gasteiger charge is 2.37. The number of carboxylic acid groups (broad SMARTS) is 1. The van der Waals surface area contributed by atoms with Crippen LogP contribution in [0.5, 0.6) is 0 Å². The molecule has 1 saturated carbocycles. The molecule has 29 heavy (non-hydrogen) atoms. The predicted molar refractivity (Wildman–Crippen MR) is 111 cm³/mol. The van der Waals surface area contributed by atoms with Crippen LogP contribution < -0.4 is 16.6 Å². The summed E-state index contributed by atoms with van der Waals surface area (Å²) in [4.78, 5) is 33.7. The molecule has 0 aliphatic heterocycles. The van der Waals surface area contributed by atoms with Crippen molar-refractivity contribution in [2.24, 2.45) is 5.92 Å². The maximum Gasteiger partial charge on any atom is 0.405 e. The Morgan fingerprint density at radius 1 is 1.34 bits per heavy atom. The molecule has 0 radical (unpaired) electrons. The molecule has 10 heteroatoms. The monoisotopic (exact) mass is 433 g/mol. The van der Waals surface area contributed by atoms with E-state index >= 15 is 0 Å². The molecule has 4 N–H and O–H groups in total. The van der Waals surface area contributed by atoms with E-state index in [1.54, 1.807) is 19.1 Å². The van der Waals surface area contributed by atoms with Crippen molar-refractivity contribution in [3.05, 3.63) is 56.2 Å². The highest BCUT2D eigenvalue weighted by Crippen LogP contribution is 2.41. The molecule has 3 aromatic rings. The normalized spacial score (nSPS) is 14.7. The number of pyridine rings is 1. The molecule has 2 aromatic heterocycles. The van der Waals surface area contributed by atoms with Crippen molar-refractivity contribution in [2.45, 2.75) is 25.8 Å². The Morgan fingerprint density at radius 3 is 2.66 bits per heavy atom. The minimum atomic E-state index is -1.20. The molecule has 4 rings (SSSR count). The summed E-state index contributed by atoms with van der Waals surface area (Å²) in [6, 6.07) is 4.03. The Hall–Kier alpha value is -2.84. The first-order valence-electron chi connectivity index (χ1n) is 8.90. The smallest absolute Gasteiger partial charge is 0.405 e. The van der Waals surface area contributed by atoms with E-state index in [4.69, 9.17) is 28.9 Å². The molecule has 8 nitrogen and oxygen atoms in total. The number of nitrogens with zero attached hydrogens (tertiary/aromatic N) is 3. The van der Waals surface area contributed by atoms with E-state index in [0.717, 1.165) is 12.8 Å². The van der Waals surface area contributed by atoms with Crippen LogP contribution in [-0.2, 0) is 0 Å². The van der Waals surface area contributed by atoms with Crippen LogP contribution in [0.4, 0.5) is 10.6 Å². The molecule has 1 unspecified atom stereocenters. The van der Waals surface area contributed by atoms with Gasteiger partial charge in [0.25, 0.3) is 5.56 Å². The number of benzene rings is 1. The maximum absolute atomic E-state index is 13.5. The molecule has 1 fully saturated rings. The number of amides is 1. The van der Waals surface area contributed by atoms with Crippen molar-refractivity contribution in [2.75, 3.05) is 5.73 Å². The predicted octanol–water partition coefficient (Wildman–Crippen LogP) is 3.70. The second kappa shape index (κ2) is 7.20. The number of anilines is 1. The molecule has 0 spiro atoms. The summed E-state index contributed by atoms with van der Waals surface area (Å²) in [5.41, 5.74) is 6.67. The average molecular weight is 434 g/mol.